The standard InChI is InChI=1S/C26H21Cl2N5O2/c1-15-22(25(34)30-20-13-7-8-14-21(20)35-2)23(16-9-3-5-11-18(16)27)33-26(29-15)31-24(32-33)17-10-4-6-12-19(17)28/h3-14,23H,1-2H3,(H,30,34)(H,29,31,32). The number of amides is 1. The lowest BCUT2D eigenvalue weighted by atomic mass is 9.95. The number of para-hydroxylation sites is 2. The Kier molecular flexibility index (Phi) is 6.19. The number of allylic oxidation sites excluding steroid dienone is 1. The Balaban J connectivity index is 1.63. The van der Waals surface area contributed by atoms with Gasteiger partial charge in [0, 0.05) is 21.8 Å². The van der Waals surface area contributed by atoms with Crippen LogP contribution >= 0.6 is 23.2 Å². The molecule has 0 radical (unpaired) electrons. The number of aromatic nitrogens is 3. The third kappa shape index (κ3) is 4.24. The number of halogens is 2. The fourth-order valence-electron chi connectivity index (χ4n) is 4.12. The summed E-state index contributed by atoms with van der Waals surface area (Å²) in [6.07, 6.45) is 0. The first-order chi connectivity index (χ1) is 17.0. The zero-order valence-corrected chi connectivity index (χ0v) is 20.4. The number of nitrogens with one attached hydrogen (secondary N) is 2. The molecule has 1 aliphatic rings. The molecule has 0 bridgehead atoms. The summed E-state index contributed by atoms with van der Waals surface area (Å²) in [5, 5.41) is 12.0. The van der Waals surface area contributed by atoms with Crippen molar-refractivity contribution in [2.75, 3.05) is 17.7 Å². The molecule has 1 unspecified atom stereocenters. The SMILES string of the molecule is COc1ccccc1NC(=O)C1=C(C)Nc2nc(-c3ccccc3Cl)nn2C1c1ccccc1Cl. The maximum absolute atomic E-state index is 13.7. The normalized spacial score (nSPS) is 14.8. The van der Waals surface area contributed by atoms with E-state index >= 15 is 0 Å². The molecule has 176 valence electrons. The van der Waals surface area contributed by atoms with Gasteiger partial charge in [0.05, 0.1) is 23.4 Å². The van der Waals surface area contributed by atoms with Crippen molar-refractivity contribution in [3.05, 3.63) is 99.7 Å². The molecule has 0 aliphatic carbocycles. The predicted octanol–water partition coefficient (Wildman–Crippen LogP) is 6.19. The second kappa shape index (κ2) is 9.44. The molecule has 2 N–H and O–H groups in total. The Bertz CT molecular complexity index is 1460. The summed E-state index contributed by atoms with van der Waals surface area (Å²) in [4.78, 5) is 18.4. The number of methoxy groups -OCH3 is 1. The first-order valence-corrected chi connectivity index (χ1v) is 11.6. The van der Waals surface area contributed by atoms with Crippen LogP contribution in [0.25, 0.3) is 11.4 Å². The zero-order chi connectivity index (χ0) is 24.5. The Hall–Kier alpha value is -3.81. The molecule has 7 nitrogen and oxygen atoms in total. The van der Waals surface area contributed by atoms with E-state index in [9.17, 15) is 4.79 Å². The van der Waals surface area contributed by atoms with E-state index in [2.05, 4.69) is 15.6 Å². The lowest BCUT2D eigenvalue weighted by Gasteiger charge is -2.29. The average molecular weight is 506 g/mol. The van der Waals surface area contributed by atoms with Gasteiger partial charge < -0.3 is 15.4 Å². The van der Waals surface area contributed by atoms with Crippen molar-refractivity contribution in [1.82, 2.24) is 14.8 Å². The van der Waals surface area contributed by atoms with E-state index in [0.29, 0.717) is 50.1 Å². The van der Waals surface area contributed by atoms with Gasteiger partial charge in [-0.2, -0.15) is 4.98 Å². The molecular formula is C26H21Cl2N5O2. The van der Waals surface area contributed by atoms with Crippen LogP contribution in [0.1, 0.15) is 18.5 Å². The predicted molar refractivity (Wildman–Crippen MR) is 138 cm³/mol. The van der Waals surface area contributed by atoms with Gasteiger partial charge in [-0.1, -0.05) is 65.7 Å². The highest BCUT2D eigenvalue weighted by Crippen LogP contribution is 2.40. The van der Waals surface area contributed by atoms with Gasteiger partial charge in [-0.05, 0) is 37.3 Å². The van der Waals surface area contributed by atoms with Crippen LogP contribution in [0.5, 0.6) is 5.75 Å². The highest BCUT2D eigenvalue weighted by atomic mass is 35.5. The molecule has 9 heteroatoms. The first kappa shape index (κ1) is 23.0. The lowest BCUT2D eigenvalue weighted by Crippen LogP contribution is -2.31. The summed E-state index contributed by atoms with van der Waals surface area (Å²) >= 11 is 13.0. The third-order valence-corrected chi connectivity index (χ3v) is 6.44. The molecule has 5 rings (SSSR count). The summed E-state index contributed by atoms with van der Waals surface area (Å²) in [6, 6.07) is 21.3. The maximum Gasteiger partial charge on any atom is 0.255 e. The number of nitrogens with zero attached hydrogens (tertiary/aromatic N) is 3. The van der Waals surface area contributed by atoms with Crippen molar-refractivity contribution in [1.29, 1.82) is 0 Å². The fraction of sp³-hybridized carbons (Fsp3) is 0.115. The van der Waals surface area contributed by atoms with Crippen molar-refractivity contribution in [2.24, 2.45) is 0 Å². The van der Waals surface area contributed by atoms with E-state index in [1.165, 1.54) is 0 Å². The Labute approximate surface area is 212 Å². The maximum atomic E-state index is 13.7. The van der Waals surface area contributed by atoms with Crippen molar-refractivity contribution < 1.29 is 9.53 Å². The van der Waals surface area contributed by atoms with Crippen LogP contribution in [0.2, 0.25) is 10.0 Å². The summed E-state index contributed by atoms with van der Waals surface area (Å²) in [6.45, 7) is 1.83. The quantitative estimate of drug-likeness (QED) is 0.338. The van der Waals surface area contributed by atoms with E-state index in [-0.39, 0.29) is 5.91 Å². The van der Waals surface area contributed by atoms with Gasteiger partial charge in [0.2, 0.25) is 5.95 Å². The molecule has 0 saturated carbocycles. The second-order valence-electron chi connectivity index (χ2n) is 7.93. The minimum Gasteiger partial charge on any atom is -0.495 e. The Morgan fingerprint density at radius 1 is 1.00 bits per heavy atom. The summed E-state index contributed by atoms with van der Waals surface area (Å²) in [5.41, 5.74) is 3.05. The van der Waals surface area contributed by atoms with E-state index < -0.39 is 6.04 Å². The second-order valence-corrected chi connectivity index (χ2v) is 8.74. The monoisotopic (exact) mass is 505 g/mol. The van der Waals surface area contributed by atoms with Crippen LogP contribution < -0.4 is 15.4 Å². The van der Waals surface area contributed by atoms with Gasteiger partial charge in [0.15, 0.2) is 5.82 Å². The number of benzene rings is 3. The third-order valence-electron chi connectivity index (χ3n) is 5.77. The van der Waals surface area contributed by atoms with Crippen LogP contribution in [-0.2, 0) is 4.79 Å². The Morgan fingerprint density at radius 3 is 2.43 bits per heavy atom. The molecule has 1 aromatic heterocycles. The van der Waals surface area contributed by atoms with E-state index in [1.54, 1.807) is 36.1 Å². The van der Waals surface area contributed by atoms with E-state index in [0.717, 1.165) is 5.56 Å². The fourth-order valence-corrected chi connectivity index (χ4v) is 4.58. The van der Waals surface area contributed by atoms with Gasteiger partial charge in [0.1, 0.15) is 11.8 Å². The molecule has 4 aromatic rings. The molecule has 1 atom stereocenters. The van der Waals surface area contributed by atoms with Crippen molar-refractivity contribution >= 4 is 40.7 Å². The van der Waals surface area contributed by atoms with Gasteiger partial charge in [-0.15, -0.1) is 5.10 Å². The minimum atomic E-state index is -0.626. The van der Waals surface area contributed by atoms with Crippen LogP contribution in [0.4, 0.5) is 11.6 Å². The number of hydrogen-bond donors (Lipinski definition) is 2. The van der Waals surface area contributed by atoms with Gasteiger partial charge in [-0.25, -0.2) is 4.68 Å². The molecule has 0 spiro atoms. The molecule has 2 heterocycles. The van der Waals surface area contributed by atoms with E-state index in [1.807, 2.05) is 55.5 Å². The average Bonchev–Trinajstić information content (AvgIpc) is 3.27. The van der Waals surface area contributed by atoms with Crippen molar-refractivity contribution in [3.8, 4) is 17.1 Å². The molecule has 0 fully saturated rings. The molecule has 3 aromatic carbocycles. The zero-order valence-electron chi connectivity index (χ0n) is 18.9. The van der Waals surface area contributed by atoms with Gasteiger partial charge in [0.25, 0.3) is 5.91 Å². The van der Waals surface area contributed by atoms with Crippen LogP contribution in [0, 0.1) is 0 Å². The summed E-state index contributed by atoms with van der Waals surface area (Å²) < 4.78 is 7.07. The number of hydrogen-bond acceptors (Lipinski definition) is 5. The van der Waals surface area contributed by atoms with Crippen molar-refractivity contribution in [2.45, 2.75) is 13.0 Å². The molecular weight excluding hydrogens is 485 g/mol. The molecule has 35 heavy (non-hydrogen) atoms. The van der Waals surface area contributed by atoms with Crippen LogP contribution in [-0.4, -0.2) is 27.8 Å². The topological polar surface area (TPSA) is 81.1 Å². The Morgan fingerprint density at radius 2 is 1.69 bits per heavy atom. The lowest BCUT2D eigenvalue weighted by molar-refractivity contribution is -0.113. The number of anilines is 2. The highest BCUT2D eigenvalue weighted by Gasteiger charge is 2.36. The summed E-state index contributed by atoms with van der Waals surface area (Å²) in [5.74, 6) is 1.16. The number of rotatable bonds is 5. The number of carbonyl (C=O) groups is 1. The minimum absolute atomic E-state index is 0.315. The number of fused-ring (bicyclic) bond motifs is 1. The van der Waals surface area contributed by atoms with Crippen LogP contribution in [0.3, 0.4) is 0 Å². The largest absolute Gasteiger partial charge is 0.495 e. The molecule has 1 aliphatic heterocycles. The summed E-state index contributed by atoms with van der Waals surface area (Å²) in [7, 11) is 1.56. The first-order valence-electron chi connectivity index (χ1n) is 10.9. The van der Waals surface area contributed by atoms with Crippen LogP contribution in [0.15, 0.2) is 84.1 Å². The molecule has 0 saturated heterocycles. The smallest absolute Gasteiger partial charge is 0.255 e. The van der Waals surface area contributed by atoms with E-state index in [4.69, 9.17) is 33.0 Å². The van der Waals surface area contributed by atoms with Gasteiger partial charge in [-0.3, -0.25) is 4.79 Å². The molecule has 1 amide bonds. The highest BCUT2D eigenvalue weighted by molar-refractivity contribution is 6.33. The number of ether oxygens (including phenoxy) is 1. The van der Waals surface area contributed by atoms with Gasteiger partial charge >= 0.3 is 0 Å². The van der Waals surface area contributed by atoms with Crippen molar-refractivity contribution in [3.63, 3.8) is 0 Å². The number of carbonyl (C=O) groups excluding carboxylic acids is 1.